The molecule has 11 nitrogen and oxygen atoms in total. The minimum Gasteiger partial charge on any atom is -0.346 e. The molecule has 4 aromatic rings. The van der Waals surface area contributed by atoms with Gasteiger partial charge in [0, 0.05) is 24.2 Å². The number of hydrogen-bond donors (Lipinski definition) is 4. The molecule has 0 unspecified atom stereocenters. The molecule has 1 saturated carbocycles. The second kappa shape index (κ2) is 10.0. The summed E-state index contributed by atoms with van der Waals surface area (Å²) in [5, 5.41) is 28.1. The van der Waals surface area contributed by atoms with E-state index in [0.717, 1.165) is 24.1 Å². The number of rotatable bonds is 9. The van der Waals surface area contributed by atoms with Gasteiger partial charge in [-0.2, -0.15) is 10.1 Å². The number of anilines is 4. The van der Waals surface area contributed by atoms with Crippen molar-refractivity contribution < 1.29 is 9.72 Å². The highest BCUT2D eigenvalue weighted by molar-refractivity contribution is 6.33. The van der Waals surface area contributed by atoms with Crippen LogP contribution in [0.25, 0.3) is 0 Å². The standard InChI is InChI=1S/C24H21ClN8O3/c25-16-8-4-5-9-17(16)27-24-29-20(23(34)26-13-14-6-2-1-3-7-14)21(33(35)36)22(30-24)28-19-12-18(31-32-19)15-10-11-15/h1-9,12,15H,10-11,13H2,(H,26,34)(H3,27,28,29,30,31,32). The lowest BCUT2D eigenvalue weighted by Gasteiger charge is -2.12. The lowest BCUT2D eigenvalue weighted by atomic mass is 10.2. The SMILES string of the molecule is O=C(NCc1ccccc1)c1nc(Nc2ccccc2Cl)nc(Nc2cc(C3CC3)[nH]n2)c1[N+](=O)[O-]. The molecule has 5 rings (SSSR count). The first kappa shape index (κ1) is 23.2. The number of para-hydroxylation sites is 1. The van der Waals surface area contributed by atoms with E-state index in [1.807, 2.05) is 30.3 Å². The summed E-state index contributed by atoms with van der Waals surface area (Å²) in [6, 6.07) is 17.9. The van der Waals surface area contributed by atoms with E-state index in [-0.39, 0.29) is 18.3 Å². The molecule has 1 fully saturated rings. The maximum Gasteiger partial charge on any atom is 0.343 e. The summed E-state index contributed by atoms with van der Waals surface area (Å²) in [4.78, 5) is 33.0. The molecule has 2 heterocycles. The quantitative estimate of drug-likeness (QED) is 0.182. The second-order valence-corrected chi connectivity index (χ2v) is 8.64. The van der Waals surface area contributed by atoms with Gasteiger partial charge in [0.25, 0.3) is 5.91 Å². The average molecular weight is 505 g/mol. The molecule has 0 radical (unpaired) electrons. The summed E-state index contributed by atoms with van der Waals surface area (Å²) in [6.45, 7) is 0.168. The molecular weight excluding hydrogens is 484 g/mol. The van der Waals surface area contributed by atoms with E-state index < -0.39 is 22.2 Å². The van der Waals surface area contributed by atoms with Crippen LogP contribution < -0.4 is 16.0 Å². The van der Waals surface area contributed by atoms with Gasteiger partial charge in [-0.1, -0.05) is 54.1 Å². The van der Waals surface area contributed by atoms with Gasteiger partial charge in [0.05, 0.1) is 15.6 Å². The average Bonchev–Trinajstić information content (AvgIpc) is 3.63. The van der Waals surface area contributed by atoms with Crippen molar-refractivity contribution in [2.24, 2.45) is 0 Å². The molecular formula is C24H21ClN8O3. The zero-order valence-corrected chi connectivity index (χ0v) is 19.6. The van der Waals surface area contributed by atoms with Crippen molar-refractivity contribution in [2.45, 2.75) is 25.3 Å². The van der Waals surface area contributed by atoms with Crippen LogP contribution in [0.5, 0.6) is 0 Å². The van der Waals surface area contributed by atoms with Crippen molar-refractivity contribution in [3.8, 4) is 0 Å². The Bertz CT molecular complexity index is 1420. The molecule has 36 heavy (non-hydrogen) atoms. The van der Waals surface area contributed by atoms with Crippen LogP contribution in [0.15, 0.2) is 60.7 Å². The van der Waals surface area contributed by atoms with Crippen molar-refractivity contribution in [1.82, 2.24) is 25.5 Å². The summed E-state index contributed by atoms with van der Waals surface area (Å²) < 4.78 is 0. The highest BCUT2D eigenvalue weighted by atomic mass is 35.5. The number of H-pyrrole nitrogens is 1. The minimum atomic E-state index is -0.723. The summed E-state index contributed by atoms with van der Waals surface area (Å²) in [5.41, 5.74) is 1.27. The van der Waals surface area contributed by atoms with Gasteiger partial charge < -0.3 is 16.0 Å². The summed E-state index contributed by atoms with van der Waals surface area (Å²) in [6.07, 6.45) is 2.12. The van der Waals surface area contributed by atoms with Gasteiger partial charge in [-0.3, -0.25) is 20.0 Å². The van der Waals surface area contributed by atoms with Crippen molar-refractivity contribution in [3.05, 3.63) is 92.8 Å². The number of hydrogen-bond acceptors (Lipinski definition) is 8. The van der Waals surface area contributed by atoms with Gasteiger partial charge >= 0.3 is 5.69 Å². The van der Waals surface area contributed by atoms with Crippen molar-refractivity contribution in [3.63, 3.8) is 0 Å². The number of nitro groups is 1. The number of amides is 1. The predicted molar refractivity (Wildman–Crippen MR) is 135 cm³/mol. The van der Waals surface area contributed by atoms with Crippen LogP contribution in [0.4, 0.5) is 29.0 Å². The van der Waals surface area contributed by atoms with Crippen LogP contribution in [0.3, 0.4) is 0 Å². The van der Waals surface area contributed by atoms with Crippen LogP contribution in [0.1, 0.15) is 40.5 Å². The Morgan fingerprint density at radius 2 is 1.83 bits per heavy atom. The topological polar surface area (TPSA) is 151 Å². The van der Waals surface area contributed by atoms with E-state index in [0.29, 0.717) is 22.4 Å². The number of aromatic amines is 1. The number of carbonyl (C=O) groups is 1. The van der Waals surface area contributed by atoms with Crippen LogP contribution in [0, 0.1) is 10.1 Å². The van der Waals surface area contributed by atoms with Gasteiger partial charge in [0.1, 0.15) is 0 Å². The highest BCUT2D eigenvalue weighted by Gasteiger charge is 2.31. The monoisotopic (exact) mass is 504 g/mol. The van der Waals surface area contributed by atoms with Crippen LogP contribution in [0.2, 0.25) is 5.02 Å². The lowest BCUT2D eigenvalue weighted by molar-refractivity contribution is -0.384. The normalized spacial score (nSPS) is 12.7. The Morgan fingerprint density at radius 1 is 1.08 bits per heavy atom. The van der Waals surface area contributed by atoms with Crippen molar-refractivity contribution in [2.75, 3.05) is 10.6 Å². The summed E-state index contributed by atoms with van der Waals surface area (Å²) >= 11 is 6.25. The maximum absolute atomic E-state index is 13.1. The third-order valence-electron chi connectivity index (χ3n) is 5.56. The molecule has 2 aromatic carbocycles. The molecule has 1 aliphatic rings. The first-order valence-electron chi connectivity index (χ1n) is 11.2. The Labute approximate surface area is 210 Å². The number of benzene rings is 2. The number of carbonyl (C=O) groups excluding carboxylic acids is 1. The molecule has 2 aromatic heterocycles. The minimum absolute atomic E-state index is 0.0426. The Kier molecular flexibility index (Phi) is 6.46. The largest absolute Gasteiger partial charge is 0.346 e. The predicted octanol–water partition coefficient (Wildman–Crippen LogP) is 5.06. The van der Waals surface area contributed by atoms with Crippen molar-refractivity contribution in [1.29, 1.82) is 0 Å². The molecule has 12 heteroatoms. The zero-order chi connectivity index (χ0) is 25.1. The van der Waals surface area contributed by atoms with E-state index >= 15 is 0 Å². The molecule has 0 bridgehead atoms. The fourth-order valence-corrected chi connectivity index (χ4v) is 3.78. The van der Waals surface area contributed by atoms with E-state index in [4.69, 9.17) is 11.6 Å². The molecule has 182 valence electrons. The number of nitrogens with zero attached hydrogens (tertiary/aromatic N) is 4. The second-order valence-electron chi connectivity index (χ2n) is 8.23. The fraction of sp³-hybridized carbons (Fsp3) is 0.167. The van der Waals surface area contributed by atoms with Gasteiger partial charge in [-0.25, -0.2) is 4.98 Å². The number of nitrogens with one attached hydrogen (secondary N) is 4. The Balaban J connectivity index is 1.51. The molecule has 0 atom stereocenters. The molecule has 0 spiro atoms. The van der Waals surface area contributed by atoms with Crippen LogP contribution in [-0.2, 0) is 6.54 Å². The smallest absolute Gasteiger partial charge is 0.343 e. The van der Waals surface area contributed by atoms with Crippen LogP contribution in [-0.4, -0.2) is 31.0 Å². The van der Waals surface area contributed by atoms with Gasteiger partial charge in [-0.05, 0) is 30.5 Å². The number of halogens is 1. The van der Waals surface area contributed by atoms with E-state index in [1.165, 1.54) is 0 Å². The van der Waals surface area contributed by atoms with E-state index in [2.05, 4.69) is 36.1 Å². The highest BCUT2D eigenvalue weighted by Crippen LogP contribution is 2.40. The molecule has 4 N–H and O–H groups in total. The van der Waals surface area contributed by atoms with E-state index in [9.17, 15) is 14.9 Å². The first-order chi connectivity index (χ1) is 17.5. The van der Waals surface area contributed by atoms with E-state index in [1.54, 1.807) is 30.3 Å². The molecule has 1 aliphatic carbocycles. The molecule has 0 aliphatic heterocycles. The van der Waals surface area contributed by atoms with Gasteiger partial charge in [0.2, 0.25) is 17.5 Å². The van der Waals surface area contributed by atoms with Crippen LogP contribution >= 0.6 is 11.6 Å². The summed E-state index contributed by atoms with van der Waals surface area (Å²) in [7, 11) is 0. The van der Waals surface area contributed by atoms with Crippen molar-refractivity contribution >= 4 is 46.5 Å². The van der Waals surface area contributed by atoms with Gasteiger partial charge in [-0.15, -0.1) is 0 Å². The summed E-state index contributed by atoms with van der Waals surface area (Å²) in [5.74, 6) is -0.190. The molecule has 0 saturated heterocycles. The molecule has 1 amide bonds. The Hall–Kier alpha value is -4.51. The first-order valence-corrected chi connectivity index (χ1v) is 11.6. The zero-order valence-electron chi connectivity index (χ0n) is 18.9. The third-order valence-corrected chi connectivity index (χ3v) is 5.89. The third kappa shape index (κ3) is 5.26. The Morgan fingerprint density at radius 3 is 2.56 bits per heavy atom. The number of aromatic nitrogens is 4. The lowest BCUT2D eigenvalue weighted by Crippen LogP contribution is -2.26. The van der Waals surface area contributed by atoms with Gasteiger partial charge in [0.15, 0.2) is 5.82 Å². The maximum atomic E-state index is 13.1. The fourth-order valence-electron chi connectivity index (χ4n) is 3.60.